The number of carbonyl (C=O) groups excluding carboxylic acids is 2. The Balaban J connectivity index is 1.91. The molecule has 0 bridgehead atoms. The van der Waals surface area contributed by atoms with Crippen molar-refractivity contribution in [3.8, 4) is 11.5 Å². The van der Waals surface area contributed by atoms with Gasteiger partial charge in [0, 0.05) is 21.8 Å². The molecule has 0 spiro atoms. The third-order valence-electron chi connectivity index (χ3n) is 4.92. The summed E-state index contributed by atoms with van der Waals surface area (Å²) in [6.45, 7) is 0. The number of para-hydroxylation sites is 2. The smallest absolute Gasteiger partial charge is 0.412 e. The van der Waals surface area contributed by atoms with E-state index < -0.39 is 24.2 Å². The van der Waals surface area contributed by atoms with E-state index in [1.807, 2.05) is 24.3 Å². The van der Waals surface area contributed by atoms with Gasteiger partial charge in [-0.05, 0) is 55.3 Å². The van der Waals surface area contributed by atoms with Crippen LogP contribution in [0, 0.1) is 0 Å². The summed E-state index contributed by atoms with van der Waals surface area (Å²) in [6, 6.07) is 22.7. The maximum absolute atomic E-state index is 12.8. The van der Waals surface area contributed by atoms with Gasteiger partial charge < -0.3 is 14.6 Å². The van der Waals surface area contributed by atoms with E-state index in [0.717, 1.165) is 0 Å². The second-order valence-corrected chi connectivity index (χ2v) is 8.36. The summed E-state index contributed by atoms with van der Waals surface area (Å²) in [5.74, 6) is -0.186. The van der Waals surface area contributed by atoms with Gasteiger partial charge in [0.15, 0.2) is 6.10 Å². The number of hydroxylamine groups is 1. The standard InChI is InChI=1S/C26H25BrN2O6/c27-18-15-16-22(30)21(17-18)25(35-26(32)28-19-9-3-1-4-10-19)23(13-7-8-14-24(31)29-33)34-20-11-5-2-6-12-20/h1-6,8-12,14-17,23,25,30,33H,7,13H2,(H,28,32)(H,29,31)/b14-8+/t23-,25-/m1/s1. The van der Waals surface area contributed by atoms with Crippen LogP contribution in [0.2, 0.25) is 0 Å². The fourth-order valence-electron chi connectivity index (χ4n) is 3.31. The average Bonchev–Trinajstić information content (AvgIpc) is 2.87. The van der Waals surface area contributed by atoms with Gasteiger partial charge in [0.25, 0.3) is 5.91 Å². The SMILES string of the molecule is O=C(/C=C/CC[C@@H](Oc1ccccc1)[C@H](OC(=O)Nc1ccccc1)c1cc(Br)ccc1O)NO. The summed E-state index contributed by atoms with van der Waals surface area (Å²) in [5, 5.41) is 22.0. The zero-order valence-electron chi connectivity index (χ0n) is 18.6. The lowest BCUT2D eigenvalue weighted by atomic mass is 9.99. The summed E-state index contributed by atoms with van der Waals surface area (Å²) in [6.07, 6.45) is 0.970. The van der Waals surface area contributed by atoms with Crippen LogP contribution in [0.1, 0.15) is 24.5 Å². The van der Waals surface area contributed by atoms with Crippen molar-refractivity contribution in [1.82, 2.24) is 5.48 Å². The zero-order valence-corrected chi connectivity index (χ0v) is 20.2. The second kappa shape index (κ2) is 13.2. The molecule has 0 heterocycles. The monoisotopic (exact) mass is 540 g/mol. The highest BCUT2D eigenvalue weighted by molar-refractivity contribution is 9.10. The van der Waals surface area contributed by atoms with E-state index in [1.54, 1.807) is 54.6 Å². The highest BCUT2D eigenvalue weighted by Gasteiger charge is 2.31. The van der Waals surface area contributed by atoms with E-state index in [2.05, 4.69) is 21.2 Å². The molecule has 0 aliphatic carbocycles. The van der Waals surface area contributed by atoms with Crippen LogP contribution in [-0.4, -0.2) is 28.4 Å². The zero-order chi connectivity index (χ0) is 25.0. The number of hydrogen-bond acceptors (Lipinski definition) is 6. The van der Waals surface area contributed by atoms with Crippen LogP contribution >= 0.6 is 15.9 Å². The quantitative estimate of drug-likeness (QED) is 0.148. The second-order valence-electron chi connectivity index (χ2n) is 7.45. The molecule has 9 heteroatoms. The Kier molecular flexibility index (Phi) is 9.70. The van der Waals surface area contributed by atoms with Crippen LogP contribution < -0.4 is 15.5 Å². The molecule has 182 valence electrons. The maximum atomic E-state index is 12.8. The summed E-state index contributed by atoms with van der Waals surface area (Å²) >= 11 is 3.40. The first-order chi connectivity index (χ1) is 17.0. The normalized spacial score (nSPS) is 12.5. The number of amides is 2. The van der Waals surface area contributed by atoms with Crippen molar-refractivity contribution in [3.63, 3.8) is 0 Å². The van der Waals surface area contributed by atoms with E-state index in [9.17, 15) is 14.7 Å². The lowest BCUT2D eigenvalue weighted by Gasteiger charge is -2.28. The molecule has 3 rings (SSSR count). The van der Waals surface area contributed by atoms with Crippen LogP contribution in [0.15, 0.2) is 95.5 Å². The molecule has 35 heavy (non-hydrogen) atoms. The molecule has 3 aromatic rings. The van der Waals surface area contributed by atoms with Gasteiger partial charge in [0.1, 0.15) is 17.6 Å². The predicted octanol–water partition coefficient (Wildman–Crippen LogP) is 5.73. The van der Waals surface area contributed by atoms with E-state index in [0.29, 0.717) is 34.3 Å². The Hall–Kier alpha value is -3.82. The first-order valence-corrected chi connectivity index (χ1v) is 11.6. The first kappa shape index (κ1) is 25.8. The molecule has 0 fully saturated rings. The molecule has 0 aliphatic rings. The summed E-state index contributed by atoms with van der Waals surface area (Å²) < 4.78 is 12.7. The van der Waals surface area contributed by atoms with Crippen LogP contribution in [0.3, 0.4) is 0 Å². The Morgan fingerprint density at radius 2 is 1.69 bits per heavy atom. The van der Waals surface area contributed by atoms with Crippen molar-refractivity contribution >= 4 is 33.6 Å². The lowest BCUT2D eigenvalue weighted by Crippen LogP contribution is -2.31. The molecule has 8 nitrogen and oxygen atoms in total. The number of phenols is 1. The average molecular weight is 541 g/mol. The van der Waals surface area contributed by atoms with Crippen LogP contribution in [0.25, 0.3) is 0 Å². The number of hydrogen-bond donors (Lipinski definition) is 4. The van der Waals surface area contributed by atoms with Crippen molar-refractivity contribution in [2.45, 2.75) is 25.0 Å². The van der Waals surface area contributed by atoms with Gasteiger partial charge in [0.05, 0.1) is 0 Å². The van der Waals surface area contributed by atoms with Crippen molar-refractivity contribution < 1.29 is 29.4 Å². The number of carbonyl (C=O) groups is 2. The molecule has 3 aromatic carbocycles. The van der Waals surface area contributed by atoms with Crippen LogP contribution in [0.5, 0.6) is 11.5 Å². The molecule has 2 amide bonds. The van der Waals surface area contributed by atoms with Gasteiger partial charge in [-0.15, -0.1) is 0 Å². The largest absolute Gasteiger partial charge is 0.508 e. The molecular formula is C26H25BrN2O6. The first-order valence-electron chi connectivity index (χ1n) is 10.8. The van der Waals surface area contributed by atoms with Gasteiger partial charge in [-0.25, -0.2) is 10.3 Å². The molecular weight excluding hydrogens is 516 g/mol. The molecule has 0 unspecified atom stereocenters. The van der Waals surface area contributed by atoms with Crippen molar-refractivity contribution in [2.75, 3.05) is 5.32 Å². The summed E-state index contributed by atoms with van der Waals surface area (Å²) in [4.78, 5) is 24.1. The number of ether oxygens (including phenoxy) is 2. The number of halogens is 1. The van der Waals surface area contributed by atoms with Crippen LogP contribution in [-0.2, 0) is 9.53 Å². The number of aromatic hydroxyl groups is 1. The summed E-state index contributed by atoms with van der Waals surface area (Å²) in [5.41, 5.74) is 2.43. The number of nitrogens with one attached hydrogen (secondary N) is 2. The highest BCUT2D eigenvalue weighted by Crippen LogP contribution is 2.35. The number of anilines is 1. The molecule has 2 atom stereocenters. The fourth-order valence-corrected chi connectivity index (χ4v) is 3.69. The maximum Gasteiger partial charge on any atom is 0.412 e. The summed E-state index contributed by atoms with van der Waals surface area (Å²) in [7, 11) is 0. The predicted molar refractivity (Wildman–Crippen MR) is 134 cm³/mol. The minimum atomic E-state index is -1.00. The van der Waals surface area contributed by atoms with Crippen molar-refractivity contribution in [3.05, 3.63) is 101 Å². The van der Waals surface area contributed by atoms with E-state index in [4.69, 9.17) is 14.7 Å². The lowest BCUT2D eigenvalue weighted by molar-refractivity contribution is -0.124. The van der Waals surface area contributed by atoms with Gasteiger partial charge in [0.2, 0.25) is 0 Å². The molecule has 4 N–H and O–H groups in total. The molecule has 0 radical (unpaired) electrons. The van der Waals surface area contributed by atoms with Crippen molar-refractivity contribution in [1.29, 1.82) is 0 Å². The highest BCUT2D eigenvalue weighted by atomic mass is 79.9. The minimum absolute atomic E-state index is 0.0671. The Bertz CT molecular complexity index is 1140. The van der Waals surface area contributed by atoms with Crippen LogP contribution in [0.4, 0.5) is 10.5 Å². The van der Waals surface area contributed by atoms with Gasteiger partial charge >= 0.3 is 6.09 Å². The Morgan fingerprint density at radius 1 is 1.00 bits per heavy atom. The van der Waals surface area contributed by atoms with Crippen molar-refractivity contribution in [2.24, 2.45) is 0 Å². The number of benzene rings is 3. The van der Waals surface area contributed by atoms with Gasteiger partial charge in [-0.1, -0.05) is 58.4 Å². The van der Waals surface area contributed by atoms with E-state index >= 15 is 0 Å². The number of phenolic OH excluding ortho intramolecular Hbond substituents is 1. The third-order valence-corrected chi connectivity index (χ3v) is 5.41. The number of rotatable bonds is 10. The topological polar surface area (TPSA) is 117 Å². The Morgan fingerprint density at radius 3 is 2.37 bits per heavy atom. The fraction of sp³-hybridized carbons (Fsp3) is 0.154. The van der Waals surface area contributed by atoms with Gasteiger partial charge in [-0.3, -0.25) is 15.3 Å². The third kappa shape index (κ3) is 8.16. The molecule has 0 saturated carbocycles. The molecule has 0 aliphatic heterocycles. The van der Waals surface area contributed by atoms with E-state index in [-0.39, 0.29) is 5.75 Å². The molecule has 0 saturated heterocycles. The van der Waals surface area contributed by atoms with E-state index in [1.165, 1.54) is 17.6 Å². The minimum Gasteiger partial charge on any atom is -0.508 e. The Labute approximate surface area is 211 Å². The number of allylic oxidation sites excluding steroid dienone is 1. The van der Waals surface area contributed by atoms with Gasteiger partial charge in [-0.2, -0.15) is 0 Å². The molecule has 0 aromatic heterocycles.